The Bertz CT molecular complexity index is 325. The number of carbonyl (C=O) groups is 1. The third kappa shape index (κ3) is 1.89. The SMILES string of the molecule is O=CC=Cc1ccnc(Cl)c1F. The van der Waals surface area contributed by atoms with E-state index in [2.05, 4.69) is 4.98 Å². The smallest absolute Gasteiger partial charge is 0.167 e. The minimum absolute atomic E-state index is 0.192. The molecule has 0 aliphatic carbocycles. The standard InChI is InChI=1S/C8H5ClFNO/c9-8-7(10)6(2-1-5-12)3-4-11-8/h1-5H. The molecular formula is C8H5ClFNO. The highest BCUT2D eigenvalue weighted by molar-refractivity contribution is 6.29. The van der Waals surface area contributed by atoms with E-state index in [-0.39, 0.29) is 10.7 Å². The van der Waals surface area contributed by atoms with Crippen molar-refractivity contribution in [2.24, 2.45) is 0 Å². The summed E-state index contributed by atoms with van der Waals surface area (Å²) in [4.78, 5) is 13.4. The number of hydrogen-bond donors (Lipinski definition) is 0. The Morgan fingerprint density at radius 2 is 2.33 bits per heavy atom. The molecule has 0 spiro atoms. The van der Waals surface area contributed by atoms with Crippen molar-refractivity contribution in [3.8, 4) is 0 Å². The van der Waals surface area contributed by atoms with Gasteiger partial charge in [-0.3, -0.25) is 4.79 Å². The first-order chi connectivity index (χ1) is 5.75. The fourth-order valence-corrected chi connectivity index (χ4v) is 0.869. The van der Waals surface area contributed by atoms with Gasteiger partial charge in [0.25, 0.3) is 0 Å². The minimum Gasteiger partial charge on any atom is -0.299 e. The molecule has 0 unspecified atom stereocenters. The van der Waals surface area contributed by atoms with Crippen LogP contribution in [0.4, 0.5) is 4.39 Å². The Hall–Kier alpha value is -1.22. The minimum atomic E-state index is -0.614. The van der Waals surface area contributed by atoms with E-state index in [4.69, 9.17) is 11.6 Å². The summed E-state index contributed by atoms with van der Waals surface area (Å²) in [5.41, 5.74) is 0.252. The van der Waals surface area contributed by atoms with Crippen LogP contribution in [0, 0.1) is 5.82 Å². The molecule has 0 aromatic carbocycles. The van der Waals surface area contributed by atoms with Crippen LogP contribution in [0.3, 0.4) is 0 Å². The van der Waals surface area contributed by atoms with Crippen molar-refractivity contribution in [2.45, 2.75) is 0 Å². The molecule has 1 aromatic rings. The highest BCUT2D eigenvalue weighted by atomic mass is 35.5. The first-order valence-corrected chi connectivity index (χ1v) is 3.55. The zero-order chi connectivity index (χ0) is 8.97. The van der Waals surface area contributed by atoms with Crippen LogP contribution < -0.4 is 0 Å². The van der Waals surface area contributed by atoms with Crippen LogP contribution in [0.1, 0.15) is 5.56 Å². The first kappa shape index (κ1) is 8.87. The van der Waals surface area contributed by atoms with Gasteiger partial charge in [0, 0.05) is 11.8 Å². The van der Waals surface area contributed by atoms with Crippen LogP contribution in [0.25, 0.3) is 6.08 Å². The molecular weight excluding hydrogens is 181 g/mol. The van der Waals surface area contributed by atoms with Crippen LogP contribution >= 0.6 is 11.6 Å². The second kappa shape index (κ2) is 3.97. The van der Waals surface area contributed by atoms with Crippen molar-refractivity contribution in [2.75, 3.05) is 0 Å². The molecule has 4 heteroatoms. The van der Waals surface area contributed by atoms with Crippen molar-refractivity contribution in [3.63, 3.8) is 0 Å². The van der Waals surface area contributed by atoms with Crippen LogP contribution in [0.2, 0.25) is 5.15 Å². The predicted octanol–water partition coefficient (Wildman–Crippen LogP) is 2.09. The Balaban J connectivity index is 3.07. The summed E-state index contributed by atoms with van der Waals surface area (Å²) in [6.45, 7) is 0. The Morgan fingerprint density at radius 1 is 1.58 bits per heavy atom. The molecule has 0 N–H and O–H groups in total. The maximum atomic E-state index is 13.0. The molecule has 1 heterocycles. The zero-order valence-corrected chi connectivity index (χ0v) is 6.75. The number of rotatable bonds is 2. The molecule has 0 saturated heterocycles. The highest BCUT2D eigenvalue weighted by Gasteiger charge is 2.03. The highest BCUT2D eigenvalue weighted by Crippen LogP contribution is 2.15. The molecule has 0 atom stereocenters. The van der Waals surface area contributed by atoms with Crippen molar-refractivity contribution in [1.82, 2.24) is 4.98 Å². The molecule has 0 saturated carbocycles. The average molecular weight is 186 g/mol. The number of aldehydes is 1. The van der Waals surface area contributed by atoms with Gasteiger partial charge in [-0.25, -0.2) is 9.37 Å². The predicted molar refractivity (Wildman–Crippen MR) is 44.3 cm³/mol. The average Bonchev–Trinajstić information content (AvgIpc) is 2.08. The lowest BCUT2D eigenvalue weighted by Crippen LogP contribution is -1.86. The maximum Gasteiger partial charge on any atom is 0.167 e. The number of carbonyl (C=O) groups excluding carboxylic acids is 1. The summed E-state index contributed by atoms with van der Waals surface area (Å²) < 4.78 is 13.0. The van der Waals surface area contributed by atoms with Crippen molar-refractivity contribution in [1.29, 1.82) is 0 Å². The zero-order valence-electron chi connectivity index (χ0n) is 6.00. The summed E-state index contributed by atoms with van der Waals surface area (Å²) in [6.07, 6.45) is 4.45. The lowest BCUT2D eigenvalue weighted by molar-refractivity contribution is -0.104. The molecule has 1 rings (SSSR count). The number of aromatic nitrogens is 1. The van der Waals surface area contributed by atoms with Crippen molar-refractivity contribution in [3.05, 3.63) is 34.9 Å². The summed E-state index contributed by atoms with van der Waals surface area (Å²) in [6, 6.07) is 1.43. The van der Waals surface area contributed by atoms with Gasteiger partial charge in [0.1, 0.15) is 6.29 Å². The van der Waals surface area contributed by atoms with Gasteiger partial charge >= 0.3 is 0 Å². The molecule has 0 radical (unpaired) electrons. The van der Waals surface area contributed by atoms with E-state index in [1.54, 1.807) is 0 Å². The Morgan fingerprint density at radius 3 is 3.00 bits per heavy atom. The van der Waals surface area contributed by atoms with E-state index in [0.717, 1.165) is 0 Å². The molecule has 0 amide bonds. The van der Waals surface area contributed by atoms with Gasteiger partial charge in [0.2, 0.25) is 0 Å². The normalized spacial score (nSPS) is 10.5. The summed E-state index contributed by atoms with van der Waals surface area (Å²) in [5, 5.41) is -0.192. The monoisotopic (exact) mass is 185 g/mol. The number of allylic oxidation sites excluding steroid dienone is 1. The summed E-state index contributed by atoms with van der Waals surface area (Å²) in [5.74, 6) is -0.614. The number of halogens is 2. The van der Waals surface area contributed by atoms with Gasteiger partial charge in [0.15, 0.2) is 11.0 Å². The third-order valence-corrected chi connectivity index (χ3v) is 1.49. The van der Waals surface area contributed by atoms with Gasteiger partial charge in [0.05, 0.1) is 0 Å². The Kier molecular flexibility index (Phi) is 2.94. The molecule has 2 nitrogen and oxygen atoms in total. The van der Waals surface area contributed by atoms with Crippen LogP contribution in [-0.2, 0) is 4.79 Å². The van der Waals surface area contributed by atoms with E-state index in [0.29, 0.717) is 6.29 Å². The molecule has 0 aliphatic heterocycles. The van der Waals surface area contributed by atoms with Gasteiger partial charge in [-0.1, -0.05) is 11.6 Å². The number of nitrogens with zero attached hydrogens (tertiary/aromatic N) is 1. The van der Waals surface area contributed by atoms with Gasteiger partial charge < -0.3 is 0 Å². The lowest BCUT2D eigenvalue weighted by Gasteiger charge is -1.95. The Labute approximate surface area is 73.7 Å². The summed E-state index contributed by atoms with van der Waals surface area (Å²) in [7, 11) is 0. The van der Waals surface area contributed by atoms with Crippen LogP contribution in [-0.4, -0.2) is 11.3 Å². The van der Waals surface area contributed by atoms with E-state index < -0.39 is 5.82 Å². The molecule has 12 heavy (non-hydrogen) atoms. The second-order valence-electron chi connectivity index (χ2n) is 2.00. The van der Waals surface area contributed by atoms with E-state index >= 15 is 0 Å². The van der Waals surface area contributed by atoms with E-state index in [1.807, 2.05) is 0 Å². The molecule has 0 fully saturated rings. The number of hydrogen-bond acceptors (Lipinski definition) is 2. The van der Waals surface area contributed by atoms with Gasteiger partial charge in [-0.2, -0.15) is 0 Å². The molecule has 62 valence electrons. The molecule has 0 bridgehead atoms. The maximum absolute atomic E-state index is 13.0. The van der Waals surface area contributed by atoms with Gasteiger partial charge in [-0.15, -0.1) is 0 Å². The van der Waals surface area contributed by atoms with E-state index in [9.17, 15) is 9.18 Å². The second-order valence-corrected chi connectivity index (χ2v) is 2.36. The van der Waals surface area contributed by atoms with Gasteiger partial charge in [-0.05, 0) is 18.2 Å². The number of pyridine rings is 1. The van der Waals surface area contributed by atoms with Crippen LogP contribution in [0.15, 0.2) is 18.3 Å². The molecule has 0 aliphatic rings. The fourth-order valence-electron chi connectivity index (χ4n) is 0.704. The van der Waals surface area contributed by atoms with Crippen LogP contribution in [0.5, 0.6) is 0 Å². The van der Waals surface area contributed by atoms with E-state index in [1.165, 1.54) is 24.4 Å². The van der Waals surface area contributed by atoms with Crippen molar-refractivity contribution >= 4 is 24.0 Å². The first-order valence-electron chi connectivity index (χ1n) is 3.17. The lowest BCUT2D eigenvalue weighted by atomic mass is 10.2. The topological polar surface area (TPSA) is 30.0 Å². The van der Waals surface area contributed by atoms with Crippen molar-refractivity contribution < 1.29 is 9.18 Å². The largest absolute Gasteiger partial charge is 0.299 e. The fraction of sp³-hybridized carbons (Fsp3) is 0. The third-order valence-electron chi connectivity index (χ3n) is 1.23. The quantitative estimate of drug-likeness (QED) is 0.401. The summed E-state index contributed by atoms with van der Waals surface area (Å²) >= 11 is 5.38. The molecule has 1 aromatic heterocycles.